The number of hydrogen-bond acceptors (Lipinski definition) is 8. The number of rotatable bonds is 12. The fourth-order valence-electron chi connectivity index (χ4n) is 4.51. The van der Waals surface area contributed by atoms with E-state index >= 15 is 0 Å². The van der Waals surface area contributed by atoms with Crippen molar-refractivity contribution in [2.45, 2.75) is 71.0 Å². The first kappa shape index (κ1) is 27.7. The lowest BCUT2D eigenvalue weighted by Crippen LogP contribution is -2.58. The van der Waals surface area contributed by atoms with E-state index in [0.717, 1.165) is 37.7 Å². The Balaban J connectivity index is 1.68. The van der Waals surface area contributed by atoms with Crippen molar-refractivity contribution in [2.75, 3.05) is 18.9 Å². The Morgan fingerprint density at radius 1 is 1.00 bits per heavy atom. The molecule has 1 aromatic heterocycles. The van der Waals surface area contributed by atoms with Gasteiger partial charge in [0.25, 0.3) is 0 Å². The van der Waals surface area contributed by atoms with Crippen molar-refractivity contribution < 1.29 is 14.4 Å². The van der Waals surface area contributed by atoms with E-state index in [0.29, 0.717) is 10.7 Å². The quantitative estimate of drug-likeness (QED) is 0.343. The molecule has 196 valence electrons. The molecular weight excluding hydrogens is 476 g/mol. The lowest BCUT2D eigenvalue weighted by Gasteiger charge is -2.32. The van der Waals surface area contributed by atoms with Gasteiger partial charge in [-0.1, -0.05) is 67.9 Å². The summed E-state index contributed by atoms with van der Waals surface area (Å²) in [5, 5.41) is 16.9. The predicted octanol–water partition coefficient (Wildman–Crippen LogP) is 3.00. The summed E-state index contributed by atoms with van der Waals surface area (Å²) in [5.41, 5.74) is 1.61. The van der Waals surface area contributed by atoms with Gasteiger partial charge >= 0.3 is 0 Å². The molecule has 1 aliphatic carbocycles. The van der Waals surface area contributed by atoms with Crippen LogP contribution in [0.25, 0.3) is 11.3 Å². The van der Waals surface area contributed by atoms with Crippen LogP contribution in [0, 0.1) is 11.8 Å². The molecule has 10 heteroatoms. The van der Waals surface area contributed by atoms with Gasteiger partial charge in [-0.15, -0.1) is 5.10 Å². The SMILES string of the molecule is CN[C@@H](C)C(=O)N[C@H](C(=O)N[C@H](C(=O)CNc1snnc1-c1ccccc1)C(C)C)C1CCCCC1. The highest BCUT2D eigenvalue weighted by atomic mass is 32.1. The van der Waals surface area contributed by atoms with E-state index in [4.69, 9.17) is 0 Å². The first-order valence-corrected chi connectivity index (χ1v) is 13.5. The van der Waals surface area contributed by atoms with Crippen molar-refractivity contribution in [3.8, 4) is 11.3 Å². The molecule has 36 heavy (non-hydrogen) atoms. The maximum absolute atomic E-state index is 13.4. The second kappa shape index (κ2) is 13.5. The number of aromatic nitrogens is 2. The van der Waals surface area contributed by atoms with Crippen molar-refractivity contribution in [3.63, 3.8) is 0 Å². The summed E-state index contributed by atoms with van der Waals surface area (Å²) in [7, 11) is 1.71. The van der Waals surface area contributed by atoms with Crippen LogP contribution in [0.2, 0.25) is 0 Å². The van der Waals surface area contributed by atoms with Gasteiger partial charge in [0.2, 0.25) is 11.8 Å². The zero-order valence-electron chi connectivity index (χ0n) is 21.5. The second-order valence-corrected chi connectivity index (χ2v) is 10.5. The van der Waals surface area contributed by atoms with Crippen LogP contribution in [-0.4, -0.2) is 58.9 Å². The number of carbonyl (C=O) groups excluding carboxylic acids is 3. The summed E-state index contributed by atoms with van der Waals surface area (Å²) in [6, 6.07) is 7.90. The number of amides is 2. The molecule has 2 amide bonds. The highest BCUT2D eigenvalue weighted by Gasteiger charge is 2.34. The molecule has 4 N–H and O–H groups in total. The third kappa shape index (κ3) is 7.33. The molecule has 1 saturated carbocycles. The monoisotopic (exact) mass is 514 g/mol. The zero-order valence-corrected chi connectivity index (χ0v) is 22.4. The van der Waals surface area contributed by atoms with Crippen molar-refractivity contribution in [3.05, 3.63) is 30.3 Å². The third-order valence-electron chi connectivity index (χ3n) is 6.80. The Bertz CT molecular complexity index is 1010. The minimum absolute atomic E-state index is 0.0318. The van der Waals surface area contributed by atoms with Crippen molar-refractivity contribution in [1.29, 1.82) is 0 Å². The summed E-state index contributed by atoms with van der Waals surface area (Å²) in [5.74, 6) is -0.707. The fourth-order valence-corrected chi connectivity index (χ4v) is 5.09. The van der Waals surface area contributed by atoms with E-state index in [-0.39, 0.29) is 36.0 Å². The maximum atomic E-state index is 13.4. The molecule has 0 aliphatic heterocycles. The third-order valence-corrected chi connectivity index (χ3v) is 7.48. The Morgan fingerprint density at radius 3 is 2.33 bits per heavy atom. The minimum Gasteiger partial charge on any atom is -0.367 e. The molecule has 0 radical (unpaired) electrons. The number of anilines is 1. The molecule has 1 aliphatic rings. The average Bonchev–Trinajstić information content (AvgIpc) is 3.37. The summed E-state index contributed by atoms with van der Waals surface area (Å²) < 4.78 is 4.03. The molecule has 0 unspecified atom stereocenters. The van der Waals surface area contributed by atoms with Gasteiger partial charge in [-0.2, -0.15) is 0 Å². The van der Waals surface area contributed by atoms with Crippen LogP contribution >= 0.6 is 11.5 Å². The molecule has 1 heterocycles. The van der Waals surface area contributed by atoms with E-state index in [1.165, 1.54) is 11.5 Å². The molecular formula is C26H38N6O3S. The predicted molar refractivity (Wildman–Crippen MR) is 143 cm³/mol. The van der Waals surface area contributed by atoms with Gasteiger partial charge in [0, 0.05) is 17.1 Å². The first-order chi connectivity index (χ1) is 17.3. The Kier molecular flexibility index (Phi) is 10.4. The van der Waals surface area contributed by atoms with E-state index < -0.39 is 18.1 Å². The van der Waals surface area contributed by atoms with Crippen LogP contribution in [0.4, 0.5) is 5.00 Å². The summed E-state index contributed by atoms with van der Waals surface area (Å²) in [4.78, 5) is 39.3. The number of carbonyl (C=O) groups is 3. The van der Waals surface area contributed by atoms with Crippen molar-refractivity contribution in [1.82, 2.24) is 25.5 Å². The fraction of sp³-hybridized carbons (Fsp3) is 0.577. The Morgan fingerprint density at radius 2 is 1.69 bits per heavy atom. The first-order valence-electron chi connectivity index (χ1n) is 12.7. The summed E-state index contributed by atoms with van der Waals surface area (Å²) in [6.07, 6.45) is 4.98. The lowest BCUT2D eigenvalue weighted by atomic mass is 9.83. The number of benzene rings is 1. The van der Waals surface area contributed by atoms with Gasteiger partial charge in [-0.3, -0.25) is 14.4 Å². The van der Waals surface area contributed by atoms with Crippen LogP contribution in [0.3, 0.4) is 0 Å². The number of hydrogen-bond donors (Lipinski definition) is 4. The molecule has 9 nitrogen and oxygen atoms in total. The van der Waals surface area contributed by atoms with Gasteiger partial charge in [-0.05, 0) is 38.6 Å². The highest BCUT2D eigenvalue weighted by molar-refractivity contribution is 7.10. The maximum Gasteiger partial charge on any atom is 0.243 e. The molecule has 2 aromatic rings. The van der Waals surface area contributed by atoms with Crippen LogP contribution in [0.1, 0.15) is 52.9 Å². The van der Waals surface area contributed by atoms with E-state index in [1.807, 2.05) is 44.2 Å². The highest BCUT2D eigenvalue weighted by Crippen LogP contribution is 2.29. The molecule has 0 bridgehead atoms. The van der Waals surface area contributed by atoms with Gasteiger partial charge in [-0.25, -0.2) is 0 Å². The minimum atomic E-state index is -0.684. The molecule has 0 spiro atoms. The Labute approximate surface area is 217 Å². The standard InChI is InChI=1S/C26H38N6O3S/c1-16(2)21(20(33)15-28-26-23(31-32-36-26)19-13-9-6-10-14-19)29-25(35)22(18-11-7-5-8-12-18)30-24(34)17(3)27-4/h6,9-10,13-14,16-18,21-22,27-28H,5,7-8,11-12,15H2,1-4H3,(H,29,35)(H,30,34)/t17-,21-,22-/m0/s1. The number of ketones is 1. The topological polar surface area (TPSA) is 125 Å². The Hall–Kier alpha value is -2.85. The van der Waals surface area contributed by atoms with Crippen molar-refractivity contribution >= 4 is 34.1 Å². The number of Topliss-reactive ketones (excluding diaryl/α,β-unsaturated/α-hetero) is 1. The van der Waals surface area contributed by atoms with E-state index in [1.54, 1.807) is 14.0 Å². The average molecular weight is 515 g/mol. The smallest absolute Gasteiger partial charge is 0.243 e. The van der Waals surface area contributed by atoms with Crippen LogP contribution < -0.4 is 21.3 Å². The number of nitrogens with one attached hydrogen (secondary N) is 4. The normalized spacial score (nSPS) is 16.7. The van der Waals surface area contributed by atoms with Gasteiger partial charge in [0.1, 0.15) is 16.7 Å². The molecule has 3 rings (SSSR count). The summed E-state index contributed by atoms with van der Waals surface area (Å²) >= 11 is 1.19. The molecule has 0 saturated heterocycles. The van der Waals surface area contributed by atoms with Crippen molar-refractivity contribution in [2.24, 2.45) is 11.8 Å². The van der Waals surface area contributed by atoms with Gasteiger partial charge < -0.3 is 21.3 Å². The zero-order chi connectivity index (χ0) is 26.1. The van der Waals surface area contributed by atoms with E-state index in [2.05, 4.69) is 30.9 Å². The number of nitrogens with zero attached hydrogens (tertiary/aromatic N) is 2. The molecule has 1 fully saturated rings. The lowest BCUT2D eigenvalue weighted by molar-refractivity contribution is -0.133. The number of likely N-dealkylation sites (N-methyl/N-ethyl adjacent to an activating group) is 1. The molecule has 1 aromatic carbocycles. The molecule has 3 atom stereocenters. The van der Waals surface area contributed by atoms with Crippen LogP contribution in [-0.2, 0) is 14.4 Å². The van der Waals surface area contributed by atoms with Gasteiger partial charge in [0.15, 0.2) is 5.78 Å². The largest absolute Gasteiger partial charge is 0.367 e. The van der Waals surface area contributed by atoms with Gasteiger partial charge in [0.05, 0.1) is 18.6 Å². The van der Waals surface area contributed by atoms with Crippen LogP contribution in [0.15, 0.2) is 30.3 Å². The van der Waals surface area contributed by atoms with Crippen LogP contribution in [0.5, 0.6) is 0 Å². The second-order valence-electron chi connectivity index (χ2n) is 9.76. The summed E-state index contributed by atoms with van der Waals surface area (Å²) in [6.45, 7) is 5.60. The van der Waals surface area contributed by atoms with E-state index in [9.17, 15) is 14.4 Å².